The van der Waals surface area contributed by atoms with Crippen LogP contribution in [0.5, 0.6) is 0 Å². The van der Waals surface area contributed by atoms with Gasteiger partial charge >= 0.3 is 5.97 Å². The molecule has 0 radical (unpaired) electrons. The van der Waals surface area contributed by atoms with Crippen LogP contribution in [0.3, 0.4) is 0 Å². The van der Waals surface area contributed by atoms with E-state index < -0.39 is 32.5 Å². The molecule has 0 amide bonds. The monoisotopic (exact) mass is 297 g/mol. The van der Waals surface area contributed by atoms with Crippen molar-refractivity contribution in [2.75, 3.05) is 5.75 Å². The van der Waals surface area contributed by atoms with Crippen molar-refractivity contribution in [3.63, 3.8) is 0 Å². The SMILES string of the molecule is CCc1ccc([C@@H]2[C@H](S(=O)(=O)CC)[C@]2(N)C(=O)O)cc1. The molecule has 0 aromatic heterocycles. The molecular weight excluding hydrogens is 278 g/mol. The van der Waals surface area contributed by atoms with Gasteiger partial charge in [-0.05, 0) is 17.5 Å². The number of carbonyl (C=O) groups is 1. The van der Waals surface area contributed by atoms with Gasteiger partial charge in [-0.3, -0.25) is 4.79 Å². The number of hydrogen-bond acceptors (Lipinski definition) is 4. The molecule has 2 rings (SSSR count). The lowest BCUT2D eigenvalue weighted by atomic mass is 10.0. The summed E-state index contributed by atoms with van der Waals surface area (Å²) in [5, 5.41) is 8.25. The summed E-state index contributed by atoms with van der Waals surface area (Å²) in [6.45, 7) is 3.52. The predicted octanol–water partition coefficient (Wildman–Crippen LogP) is 0.932. The highest BCUT2D eigenvalue weighted by molar-refractivity contribution is 7.92. The van der Waals surface area contributed by atoms with Crippen molar-refractivity contribution in [2.24, 2.45) is 5.73 Å². The van der Waals surface area contributed by atoms with Crippen LogP contribution in [0, 0.1) is 0 Å². The Morgan fingerprint density at radius 2 is 1.85 bits per heavy atom. The number of sulfone groups is 1. The van der Waals surface area contributed by atoms with Gasteiger partial charge in [0, 0.05) is 11.7 Å². The molecule has 1 fully saturated rings. The number of benzene rings is 1. The van der Waals surface area contributed by atoms with E-state index in [1.165, 1.54) is 6.92 Å². The molecule has 0 saturated heterocycles. The number of aryl methyl sites for hydroxylation is 1. The molecule has 1 saturated carbocycles. The van der Waals surface area contributed by atoms with Crippen LogP contribution in [0.4, 0.5) is 0 Å². The van der Waals surface area contributed by atoms with Crippen molar-refractivity contribution in [3.05, 3.63) is 35.4 Å². The lowest BCUT2D eigenvalue weighted by Gasteiger charge is -2.05. The molecule has 3 atom stereocenters. The molecule has 1 aromatic carbocycles. The Morgan fingerprint density at radius 1 is 1.30 bits per heavy atom. The first kappa shape index (κ1) is 15.0. The fourth-order valence-electron chi connectivity index (χ4n) is 2.72. The molecule has 3 N–H and O–H groups in total. The summed E-state index contributed by atoms with van der Waals surface area (Å²) in [6, 6.07) is 7.32. The van der Waals surface area contributed by atoms with Gasteiger partial charge in [-0.1, -0.05) is 38.1 Å². The van der Waals surface area contributed by atoms with Crippen LogP contribution < -0.4 is 5.73 Å². The van der Waals surface area contributed by atoms with Crippen LogP contribution in [0.1, 0.15) is 30.9 Å². The third kappa shape index (κ3) is 2.13. The molecule has 1 aliphatic carbocycles. The summed E-state index contributed by atoms with van der Waals surface area (Å²) in [7, 11) is -3.50. The minimum Gasteiger partial charge on any atom is -0.480 e. The Kier molecular flexibility index (Phi) is 3.64. The second kappa shape index (κ2) is 4.86. The number of aliphatic carboxylic acids is 1. The first-order valence-corrected chi connectivity index (χ1v) is 8.33. The molecule has 0 bridgehead atoms. The van der Waals surface area contributed by atoms with Crippen LogP contribution >= 0.6 is 0 Å². The Hall–Kier alpha value is -1.40. The average Bonchev–Trinajstić information content (AvgIpc) is 3.08. The molecule has 0 aliphatic heterocycles. The van der Waals surface area contributed by atoms with Gasteiger partial charge in [-0.25, -0.2) is 8.42 Å². The normalized spacial score (nSPS) is 29.1. The van der Waals surface area contributed by atoms with E-state index in [0.717, 1.165) is 12.0 Å². The Bertz CT molecular complexity index is 623. The Labute approximate surface area is 118 Å². The molecule has 1 aliphatic rings. The highest BCUT2D eigenvalue weighted by Gasteiger charge is 2.73. The molecule has 0 unspecified atom stereocenters. The lowest BCUT2D eigenvalue weighted by molar-refractivity contribution is -0.139. The van der Waals surface area contributed by atoms with Crippen LogP contribution in [-0.2, 0) is 21.1 Å². The van der Waals surface area contributed by atoms with Crippen molar-refractivity contribution >= 4 is 15.8 Å². The van der Waals surface area contributed by atoms with Gasteiger partial charge in [-0.2, -0.15) is 0 Å². The molecule has 1 aromatic rings. The summed E-state index contributed by atoms with van der Waals surface area (Å²) < 4.78 is 24.1. The Morgan fingerprint density at radius 3 is 2.25 bits per heavy atom. The van der Waals surface area contributed by atoms with E-state index in [4.69, 9.17) is 5.73 Å². The molecule has 6 heteroatoms. The minimum atomic E-state index is -3.50. The zero-order valence-corrected chi connectivity index (χ0v) is 12.4. The second-order valence-corrected chi connectivity index (χ2v) is 7.59. The summed E-state index contributed by atoms with van der Waals surface area (Å²) in [5.41, 5.74) is 5.95. The number of rotatable bonds is 5. The van der Waals surface area contributed by atoms with Gasteiger partial charge in [0.15, 0.2) is 9.84 Å². The zero-order chi connectivity index (χ0) is 15.1. The number of carboxylic acids is 1. The number of carboxylic acid groups (broad SMARTS) is 1. The average molecular weight is 297 g/mol. The second-order valence-electron chi connectivity index (χ2n) is 5.18. The maximum Gasteiger partial charge on any atom is 0.325 e. The van der Waals surface area contributed by atoms with E-state index >= 15 is 0 Å². The Balaban J connectivity index is 2.41. The highest BCUT2D eigenvalue weighted by atomic mass is 32.2. The van der Waals surface area contributed by atoms with Gasteiger partial charge in [0.25, 0.3) is 0 Å². The highest BCUT2D eigenvalue weighted by Crippen LogP contribution is 2.54. The van der Waals surface area contributed by atoms with Crippen molar-refractivity contribution < 1.29 is 18.3 Å². The summed E-state index contributed by atoms with van der Waals surface area (Å²) in [5.74, 6) is -2.03. The third-order valence-corrected chi connectivity index (χ3v) is 6.33. The summed E-state index contributed by atoms with van der Waals surface area (Å²) in [6.07, 6.45) is 0.869. The maximum atomic E-state index is 12.0. The first-order valence-electron chi connectivity index (χ1n) is 6.61. The van der Waals surface area contributed by atoms with Crippen LogP contribution in [0.15, 0.2) is 24.3 Å². The lowest BCUT2D eigenvalue weighted by Crippen LogP contribution is -2.40. The van der Waals surface area contributed by atoms with Gasteiger partial charge in [0.2, 0.25) is 0 Å². The van der Waals surface area contributed by atoms with E-state index in [9.17, 15) is 18.3 Å². The fourth-order valence-corrected chi connectivity index (χ4v) is 4.64. The molecule has 110 valence electrons. The van der Waals surface area contributed by atoms with E-state index in [2.05, 4.69) is 0 Å². The molecule has 0 heterocycles. The van der Waals surface area contributed by atoms with E-state index in [1.54, 1.807) is 12.1 Å². The standard InChI is InChI=1S/C14H19NO4S/c1-3-9-5-7-10(8-6-9)11-12(20(18,19)4-2)14(11,15)13(16)17/h5-8,11-12H,3-4,15H2,1-2H3,(H,16,17)/t11-,12+,14+/m1/s1. The van der Waals surface area contributed by atoms with Crippen molar-refractivity contribution in [1.29, 1.82) is 0 Å². The third-order valence-electron chi connectivity index (χ3n) is 4.09. The van der Waals surface area contributed by atoms with E-state index in [0.29, 0.717) is 5.56 Å². The van der Waals surface area contributed by atoms with Gasteiger partial charge < -0.3 is 10.8 Å². The molecule has 5 nitrogen and oxygen atoms in total. The predicted molar refractivity (Wildman–Crippen MR) is 76.4 cm³/mol. The molecular formula is C14H19NO4S. The number of nitrogens with two attached hydrogens (primary N) is 1. The van der Waals surface area contributed by atoms with Crippen molar-refractivity contribution in [1.82, 2.24) is 0 Å². The summed E-state index contributed by atoms with van der Waals surface area (Å²) in [4.78, 5) is 11.4. The maximum absolute atomic E-state index is 12.0. The van der Waals surface area contributed by atoms with Crippen molar-refractivity contribution in [3.8, 4) is 0 Å². The largest absolute Gasteiger partial charge is 0.480 e. The van der Waals surface area contributed by atoms with Crippen LogP contribution in [0.25, 0.3) is 0 Å². The van der Waals surface area contributed by atoms with E-state index in [1.807, 2.05) is 19.1 Å². The fraction of sp³-hybridized carbons (Fsp3) is 0.500. The zero-order valence-electron chi connectivity index (χ0n) is 11.5. The van der Waals surface area contributed by atoms with Gasteiger partial charge in [0.1, 0.15) is 5.54 Å². The topological polar surface area (TPSA) is 97.5 Å². The van der Waals surface area contributed by atoms with Gasteiger partial charge in [-0.15, -0.1) is 0 Å². The number of hydrogen-bond donors (Lipinski definition) is 2. The quantitative estimate of drug-likeness (QED) is 0.842. The van der Waals surface area contributed by atoms with Gasteiger partial charge in [0.05, 0.1) is 5.25 Å². The first-order chi connectivity index (χ1) is 9.29. The van der Waals surface area contributed by atoms with Crippen LogP contribution in [0.2, 0.25) is 0 Å². The van der Waals surface area contributed by atoms with Crippen LogP contribution in [-0.4, -0.2) is 36.0 Å². The summed E-state index contributed by atoms with van der Waals surface area (Å²) >= 11 is 0. The minimum absolute atomic E-state index is 0.104. The molecule has 0 spiro atoms. The smallest absolute Gasteiger partial charge is 0.325 e. The van der Waals surface area contributed by atoms with E-state index in [-0.39, 0.29) is 5.75 Å². The molecule has 20 heavy (non-hydrogen) atoms. The van der Waals surface area contributed by atoms with Crippen molar-refractivity contribution in [2.45, 2.75) is 37.0 Å².